The van der Waals surface area contributed by atoms with E-state index in [2.05, 4.69) is 20.4 Å². The molecule has 4 heterocycles. The summed E-state index contributed by atoms with van der Waals surface area (Å²) >= 11 is 0. The Kier molecular flexibility index (Phi) is 4.79. The third kappa shape index (κ3) is 3.76. The Hall–Kier alpha value is -3.70. The summed E-state index contributed by atoms with van der Waals surface area (Å²) < 4.78 is 41.3. The summed E-state index contributed by atoms with van der Waals surface area (Å²) in [5.74, 6) is -1.15. The summed E-state index contributed by atoms with van der Waals surface area (Å²) in [4.78, 5) is 38.4. The Labute approximate surface area is 174 Å². The van der Waals surface area contributed by atoms with E-state index in [4.69, 9.17) is 0 Å². The van der Waals surface area contributed by atoms with Gasteiger partial charge >= 0.3 is 6.18 Å². The molecule has 1 fully saturated rings. The lowest BCUT2D eigenvalue weighted by molar-refractivity contribution is -0.141. The van der Waals surface area contributed by atoms with Crippen LogP contribution in [0.25, 0.3) is 11.0 Å². The van der Waals surface area contributed by atoms with Gasteiger partial charge in [0.2, 0.25) is 11.9 Å². The highest BCUT2D eigenvalue weighted by Gasteiger charge is 2.41. The fourth-order valence-corrected chi connectivity index (χ4v) is 3.37. The number of hydrogen-bond donors (Lipinski definition) is 1. The third-order valence-corrected chi connectivity index (χ3v) is 4.95. The van der Waals surface area contributed by atoms with Crippen LogP contribution in [-0.4, -0.2) is 44.4 Å². The van der Waals surface area contributed by atoms with Gasteiger partial charge in [0.05, 0.1) is 6.42 Å². The highest BCUT2D eigenvalue weighted by molar-refractivity contribution is 6.03. The first-order valence-electron chi connectivity index (χ1n) is 9.26. The van der Waals surface area contributed by atoms with Crippen molar-refractivity contribution >= 4 is 34.6 Å². The van der Waals surface area contributed by atoms with Crippen LogP contribution in [0.1, 0.15) is 17.8 Å². The van der Waals surface area contributed by atoms with E-state index in [1.54, 1.807) is 16.7 Å². The highest BCUT2D eigenvalue weighted by Crippen LogP contribution is 2.30. The van der Waals surface area contributed by atoms with Gasteiger partial charge in [-0.1, -0.05) is 0 Å². The first-order valence-corrected chi connectivity index (χ1v) is 9.26. The second kappa shape index (κ2) is 7.22. The van der Waals surface area contributed by atoms with Gasteiger partial charge in [-0.3, -0.25) is 19.9 Å². The van der Waals surface area contributed by atoms with Gasteiger partial charge in [-0.15, -0.1) is 0 Å². The van der Waals surface area contributed by atoms with E-state index in [0.29, 0.717) is 11.5 Å². The molecule has 0 bridgehead atoms. The van der Waals surface area contributed by atoms with Crippen molar-refractivity contribution in [3.63, 3.8) is 0 Å². The first kappa shape index (κ1) is 20.6. The number of nitrogens with zero attached hydrogens (tertiary/aromatic N) is 6. The van der Waals surface area contributed by atoms with Crippen LogP contribution in [0.5, 0.6) is 0 Å². The van der Waals surface area contributed by atoms with Crippen molar-refractivity contribution in [2.45, 2.75) is 25.6 Å². The van der Waals surface area contributed by atoms with Crippen LogP contribution < -0.4 is 15.3 Å². The normalized spacial score (nSPS) is 16.6. The number of hydrazine groups is 1. The predicted molar refractivity (Wildman–Crippen MR) is 105 cm³/mol. The zero-order valence-corrected chi connectivity index (χ0v) is 16.8. The highest BCUT2D eigenvalue weighted by atomic mass is 19.4. The molecule has 1 unspecified atom stereocenters. The topological polar surface area (TPSA) is 96.2 Å². The van der Waals surface area contributed by atoms with Crippen LogP contribution >= 0.6 is 0 Å². The smallest absolute Gasteiger partial charge is 0.336 e. The number of aryl methyl sites for hydroxylation is 2. The number of aromatic nitrogens is 4. The predicted octanol–water partition coefficient (Wildman–Crippen LogP) is 1.96. The van der Waals surface area contributed by atoms with Crippen LogP contribution in [0, 0.1) is 6.92 Å². The number of anilines is 2. The van der Waals surface area contributed by atoms with Gasteiger partial charge in [0, 0.05) is 31.4 Å². The Bertz CT molecular complexity index is 1190. The molecule has 3 aromatic rings. The quantitative estimate of drug-likeness (QED) is 0.679. The standard InChI is InChI=1S/C19H18F3N7O2/c1-10-8-13(19(20,21)22)24-18(23-10)29-12(9-15(30)26-29)17(31)28(3)14-5-4-11-6-7-27(2)16(11)25-14/h4-8,12H,9H2,1-3H3,(H,26,30). The molecule has 1 aliphatic rings. The van der Waals surface area contributed by atoms with Crippen molar-refractivity contribution in [2.75, 3.05) is 17.0 Å². The number of rotatable bonds is 3. The number of pyridine rings is 1. The van der Waals surface area contributed by atoms with Gasteiger partial charge in [0.1, 0.15) is 23.2 Å². The van der Waals surface area contributed by atoms with Crippen molar-refractivity contribution in [1.29, 1.82) is 0 Å². The molecule has 162 valence electrons. The molecular formula is C19H18F3N7O2. The van der Waals surface area contributed by atoms with Crippen LogP contribution in [0.3, 0.4) is 0 Å². The summed E-state index contributed by atoms with van der Waals surface area (Å²) in [5.41, 5.74) is 1.93. The third-order valence-electron chi connectivity index (χ3n) is 4.95. The van der Waals surface area contributed by atoms with Crippen LogP contribution in [-0.2, 0) is 22.8 Å². The molecule has 0 aromatic carbocycles. The van der Waals surface area contributed by atoms with Crippen molar-refractivity contribution < 1.29 is 22.8 Å². The molecule has 3 aromatic heterocycles. The summed E-state index contributed by atoms with van der Waals surface area (Å²) in [6.07, 6.45) is -3.12. The number of amides is 2. The van der Waals surface area contributed by atoms with E-state index < -0.39 is 35.7 Å². The maximum atomic E-state index is 13.2. The molecule has 1 N–H and O–H groups in total. The summed E-state index contributed by atoms with van der Waals surface area (Å²) in [5, 5.41) is 1.86. The van der Waals surface area contributed by atoms with Gasteiger partial charge in [-0.25, -0.2) is 20.0 Å². The molecule has 9 nitrogen and oxygen atoms in total. The lowest BCUT2D eigenvalue weighted by Crippen LogP contribution is -2.49. The number of halogens is 3. The molecular weight excluding hydrogens is 415 g/mol. The monoisotopic (exact) mass is 433 g/mol. The molecule has 0 saturated carbocycles. The van der Waals surface area contributed by atoms with Crippen molar-refractivity contribution in [3.05, 3.63) is 41.9 Å². The number of hydrogen-bond acceptors (Lipinski definition) is 6. The number of alkyl halides is 3. The van der Waals surface area contributed by atoms with Crippen molar-refractivity contribution in [3.8, 4) is 0 Å². The minimum absolute atomic E-state index is 0.0499. The lowest BCUT2D eigenvalue weighted by Gasteiger charge is -2.26. The molecule has 1 atom stereocenters. The molecule has 0 radical (unpaired) electrons. The minimum atomic E-state index is -4.70. The van der Waals surface area contributed by atoms with Gasteiger partial charge in [-0.2, -0.15) is 13.2 Å². The van der Waals surface area contributed by atoms with E-state index in [1.165, 1.54) is 18.9 Å². The molecule has 4 rings (SSSR count). The maximum Gasteiger partial charge on any atom is 0.433 e. The van der Waals surface area contributed by atoms with Crippen molar-refractivity contribution in [1.82, 2.24) is 24.9 Å². The fraction of sp³-hybridized carbons (Fsp3) is 0.316. The number of carbonyl (C=O) groups is 2. The SMILES string of the molecule is Cc1cc(C(F)(F)F)nc(N2NC(=O)CC2C(=O)N(C)c2ccc3ccn(C)c3n2)n1. The van der Waals surface area contributed by atoms with E-state index in [-0.39, 0.29) is 12.1 Å². The van der Waals surface area contributed by atoms with Gasteiger partial charge in [0.25, 0.3) is 5.91 Å². The Balaban J connectivity index is 1.67. The lowest BCUT2D eigenvalue weighted by atomic mass is 10.2. The summed E-state index contributed by atoms with van der Waals surface area (Å²) in [6, 6.07) is 4.99. The number of likely N-dealkylation sites (N-methyl/N-ethyl adjacent to an activating group) is 1. The molecule has 31 heavy (non-hydrogen) atoms. The summed E-state index contributed by atoms with van der Waals surface area (Å²) in [7, 11) is 3.30. The zero-order valence-electron chi connectivity index (χ0n) is 16.8. The molecule has 1 aliphatic heterocycles. The fourth-order valence-electron chi connectivity index (χ4n) is 3.37. The number of carbonyl (C=O) groups excluding carboxylic acids is 2. The molecule has 1 saturated heterocycles. The van der Waals surface area contributed by atoms with Crippen LogP contribution in [0.2, 0.25) is 0 Å². The Morgan fingerprint density at radius 2 is 1.97 bits per heavy atom. The first-order chi connectivity index (χ1) is 14.5. The van der Waals surface area contributed by atoms with Gasteiger partial charge < -0.3 is 4.57 Å². The second-order valence-electron chi connectivity index (χ2n) is 7.22. The maximum absolute atomic E-state index is 13.2. The van der Waals surface area contributed by atoms with E-state index >= 15 is 0 Å². The Morgan fingerprint density at radius 3 is 2.68 bits per heavy atom. The average molecular weight is 433 g/mol. The molecule has 12 heteroatoms. The number of nitrogens with one attached hydrogen (secondary N) is 1. The van der Waals surface area contributed by atoms with E-state index in [9.17, 15) is 22.8 Å². The van der Waals surface area contributed by atoms with Crippen LogP contribution in [0.15, 0.2) is 30.5 Å². The largest absolute Gasteiger partial charge is 0.433 e. The molecule has 0 aliphatic carbocycles. The van der Waals surface area contributed by atoms with E-state index in [1.807, 2.05) is 19.3 Å². The van der Waals surface area contributed by atoms with E-state index in [0.717, 1.165) is 16.5 Å². The Morgan fingerprint density at radius 1 is 1.23 bits per heavy atom. The zero-order chi connectivity index (χ0) is 22.5. The van der Waals surface area contributed by atoms with Crippen LogP contribution in [0.4, 0.5) is 24.9 Å². The van der Waals surface area contributed by atoms with Crippen molar-refractivity contribution in [2.24, 2.45) is 7.05 Å². The van der Waals surface area contributed by atoms with Gasteiger partial charge in [-0.05, 0) is 31.2 Å². The van der Waals surface area contributed by atoms with Gasteiger partial charge in [0.15, 0.2) is 0 Å². The molecule has 2 amide bonds. The molecule has 0 spiro atoms. The second-order valence-corrected chi connectivity index (χ2v) is 7.22. The summed E-state index contributed by atoms with van der Waals surface area (Å²) in [6.45, 7) is 1.38. The minimum Gasteiger partial charge on any atom is -0.336 e. The average Bonchev–Trinajstić information content (AvgIpc) is 3.28. The number of fused-ring (bicyclic) bond motifs is 1.